The predicted molar refractivity (Wildman–Crippen MR) is 108 cm³/mol. The van der Waals surface area contributed by atoms with Crippen molar-refractivity contribution in [3.63, 3.8) is 0 Å². The smallest absolute Gasteiger partial charge is 0.243 e. The van der Waals surface area contributed by atoms with Crippen LogP contribution in [-0.2, 0) is 22.6 Å². The van der Waals surface area contributed by atoms with E-state index in [-0.39, 0.29) is 17.7 Å². The van der Waals surface area contributed by atoms with Crippen LogP contribution in [0.3, 0.4) is 0 Å². The molecule has 2 aromatic carbocycles. The van der Waals surface area contributed by atoms with Gasteiger partial charge in [-0.1, -0.05) is 80.9 Å². The van der Waals surface area contributed by atoms with Gasteiger partial charge in [0, 0.05) is 6.54 Å². The number of nitrogens with one attached hydrogen (secondary N) is 2. The van der Waals surface area contributed by atoms with Gasteiger partial charge in [-0.05, 0) is 23.5 Å². The minimum Gasteiger partial charge on any atom is -0.350 e. The molecule has 5 heteroatoms. The van der Waals surface area contributed by atoms with Crippen molar-refractivity contribution >= 4 is 11.8 Å². The molecule has 3 atom stereocenters. The molecule has 2 aromatic rings. The largest absolute Gasteiger partial charge is 0.350 e. The molecular weight excluding hydrogens is 338 g/mol. The molecule has 0 spiro atoms. The van der Waals surface area contributed by atoms with Crippen LogP contribution in [0.2, 0.25) is 0 Å². The molecule has 0 fully saturated rings. The molecule has 0 aliphatic rings. The van der Waals surface area contributed by atoms with E-state index < -0.39 is 12.1 Å². The van der Waals surface area contributed by atoms with E-state index in [2.05, 4.69) is 10.6 Å². The molecule has 0 radical (unpaired) electrons. The first-order valence-electron chi connectivity index (χ1n) is 9.42. The van der Waals surface area contributed by atoms with Crippen LogP contribution in [0, 0.1) is 5.92 Å². The Bertz CT molecular complexity index is 719. The average Bonchev–Trinajstić information content (AvgIpc) is 2.71. The van der Waals surface area contributed by atoms with E-state index in [1.165, 1.54) is 0 Å². The number of hydrogen-bond donors (Lipinski definition) is 3. The normalized spacial score (nSPS) is 14.0. The van der Waals surface area contributed by atoms with Gasteiger partial charge >= 0.3 is 0 Å². The summed E-state index contributed by atoms with van der Waals surface area (Å²) < 4.78 is 0. The molecule has 0 aliphatic heterocycles. The Morgan fingerprint density at radius 1 is 0.926 bits per heavy atom. The van der Waals surface area contributed by atoms with Crippen molar-refractivity contribution < 1.29 is 9.59 Å². The Hall–Kier alpha value is -2.66. The summed E-state index contributed by atoms with van der Waals surface area (Å²) in [7, 11) is 0. The summed E-state index contributed by atoms with van der Waals surface area (Å²) in [4.78, 5) is 25.2. The lowest BCUT2D eigenvalue weighted by atomic mass is 9.97. The zero-order chi connectivity index (χ0) is 19.6. The zero-order valence-electron chi connectivity index (χ0n) is 16.0. The van der Waals surface area contributed by atoms with Gasteiger partial charge in [-0.2, -0.15) is 0 Å². The van der Waals surface area contributed by atoms with E-state index >= 15 is 0 Å². The van der Waals surface area contributed by atoms with Crippen molar-refractivity contribution in [2.24, 2.45) is 11.7 Å². The number of nitrogens with two attached hydrogens (primary N) is 1. The second kappa shape index (κ2) is 10.5. The third-order valence-electron chi connectivity index (χ3n) is 4.74. The number of carbonyl (C=O) groups excluding carboxylic acids is 2. The lowest BCUT2D eigenvalue weighted by Crippen LogP contribution is -2.54. The molecule has 0 aliphatic carbocycles. The molecule has 2 rings (SSSR count). The summed E-state index contributed by atoms with van der Waals surface area (Å²) >= 11 is 0. The summed E-state index contributed by atoms with van der Waals surface area (Å²) in [5, 5.41) is 5.76. The van der Waals surface area contributed by atoms with Gasteiger partial charge in [0.25, 0.3) is 0 Å². The Morgan fingerprint density at radius 2 is 1.48 bits per heavy atom. The summed E-state index contributed by atoms with van der Waals surface area (Å²) in [5.74, 6) is -0.485. The summed E-state index contributed by atoms with van der Waals surface area (Å²) in [5.41, 5.74) is 8.07. The van der Waals surface area contributed by atoms with Gasteiger partial charge < -0.3 is 16.4 Å². The SMILES string of the molecule is CCC(C)[C@H](NC(=O)[C@@H](N)Cc1ccccc1)C(=O)NCc1ccccc1. The molecule has 0 aromatic heterocycles. The second-order valence-corrected chi connectivity index (χ2v) is 6.87. The highest BCUT2D eigenvalue weighted by Crippen LogP contribution is 2.10. The van der Waals surface area contributed by atoms with E-state index in [9.17, 15) is 9.59 Å². The monoisotopic (exact) mass is 367 g/mol. The van der Waals surface area contributed by atoms with Gasteiger partial charge in [0.1, 0.15) is 6.04 Å². The maximum atomic E-state index is 12.7. The molecule has 0 heterocycles. The first-order valence-corrected chi connectivity index (χ1v) is 9.42. The number of hydrogen-bond acceptors (Lipinski definition) is 3. The molecule has 4 N–H and O–H groups in total. The fourth-order valence-electron chi connectivity index (χ4n) is 2.82. The first-order chi connectivity index (χ1) is 13.0. The molecule has 0 bridgehead atoms. The molecule has 1 unspecified atom stereocenters. The minimum atomic E-state index is -0.694. The third-order valence-corrected chi connectivity index (χ3v) is 4.74. The van der Waals surface area contributed by atoms with Crippen molar-refractivity contribution in [2.75, 3.05) is 0 Å². The van der Waals surface area contributed by atoms with E-state index in [1.54, 1.807) is 0 Å². The Morgan fingerprint density at radius 3 is 2.04 bits per heavy atom. The van der Waals surface area contributed by atoms with Gasteiger partial charge in [0.2, 0.25) is 11.8 Å². The lowest BCUT2D eigenvalue weighted by molar-refractivity contribution is -0.130. The molecule has 144 valence electrons. The van der Waals surface area contributed by atoms with Crippen LogP contribution < -0.4 is 16.4 Å². The number of carbonyl (C=O) groups is 2. The maximum absolute atomic E-state index is 12.7. The van der Waals surface area contributed by atoms with Crippen molar-refractivity contribution in [2.45, 2.75) is 45.3 Å². The second-order valence-electron chi connectivity index (χ2n) is 6.87. The van der Waals surface area contributed by atoms with Crippen LogP contribution in [0.15, 0.2) is 60.7 Å². The molecule has 5 nitrogen and oxygen atoms in total. The highest BCUT2D eigenvalue weighted by Gasteiger charge is 2.27. The highest BCUT2D eigenvalue weighted by molar-refractivity contribution is 5.90. The van der Waals surface area contributed by atoms with E-state index in [4.69, 9.17) is 5.73 Å². The third kappa shape index (κ3) is 6.53. The summed E-state index contributed by atoms with van der Waals surface area (Å²) in [6.07, 6.45) is 1.21. The van der Waals surface area contributed by atoms with Crippen molar-refractivity contribution in [3.8, 4) is 0 Å². The maximum Gasteiger partial charge on any atom is 0.243 e. The van der Waals surface area contributed by atoms with Crippen LogP contribution in [-0.4, -0.2) is 23.9 Å². The van der Waals surface area contributed by atoms with Crippen LogP contribution in [0.4, 0.5) is 0 Å². The topological polar surface area (TPSA) is 84.2 Å². The Balaban J connectivity index is 1.96. The van der Waals surface area contributed by atoms with Crippen LogP contribution >= 0.6 is 0 Å². The van der Waals surface area contributed by atoms with Gasteiger partial charge in [0.15, 0.2) is 0 Å². The standard InChI is InChI=1S/C22H29N3O2/c1-3-16(2)20(22(27)24-15-18-12-8-5-9-13-18)25-21(26)19(23)14-17-10-6-4-7-11-17/h4-13,16,19-20H,3,14-15,23H2,1-2H3,(H,24,27)(H,25,26)/t16?,19-,20-/m0/s1. The van der Waals surface area contributed by atoms with Crippen molar-refractivity contribution in [3.05, 3.63) is 71.8 Å². The van der Waals surface area contributed by atoms with E-state index in [1.807, 2.05) is 74.5 Å². The number of amides is 2. The fraction of sp³-hybridized carbons (Fsp3) is 0.364. The Kier molecular flexibility index (Phi) is 8.01. The average molecular weight is 367 g/mol. The van der Waals surface area contributed by atoms with Crippen molar-refractivity contribution in [1.29, 1.82) is 0 Å². The summed E-state index contributed by atoms with van der Waals surface area (Å²) in [6, 6.07) is 18.0. The van der Waals surface area contributed by atoms with Crippen LogP contribution in [0.25, 0.3) is 0 Å². The van der Waals surface area contributed by atoms with E-state index in [0.29, 0.717) is 13.0 Å². The first kappa shape index (κ1) is 20.6. The quantitative estimate of drug-likeness (QED) is 0.636. The van der Waals surface area contributed by atoms with Crippen LogP contribution in [0.5, 0.6) is 0 Å². The van der Waals surface area contributed by atoms with Gasteiger partial charge in [-0.15, -0.1) is 0 Å². The number of benzene rings is 2. The van der Waals surface area contributed by atoms with Gasteiger partial charge in [-0.3, -0.25) is 9.59 Å². The highest BCUT2D eigenvalue weighted by atomic mass is 16.2. The number of rotatable bonds is 9. The molecule has 0 saturated heterocycles. The van der Waals surface area contributed by atoms with Gasteiger partial charge in [-0.25, -0.2) is 0 Å². The fourth-order valence-corrected chi connectivity index (χ4v) is 2.82. The molecular formula is C22H29N3O2. The Labute approximate surface area is 161 Å². The minimum absolute atomic E-state index is 0.00801. The predicted octanol–water partition coefficient (Wildman–Crippen LogP) is 2.40. The molecule has 0 saturated carbocycles. The lowest BCUT2D eigenvalue weighted by Gasteiger charge is -2.25. The van der Waals surface area contributed by atoms with Gasteiger partial charge in [0.05, 0.1) is 6.04 Å². The zero-order valence-corrected chi connectivity index (χ0v) is 16.0. The van der Waals surface area contributed by atoms with Crippen LogP contribution in [0.1, 0.15) is 31.4 Å². The molecule has 2 amide bonds. The van der Waals surface area contributed by atoms with E-state index in [0.717, 1.165) is 17.5 Å². The summed E-state index contributed by atoms with van der Waals surface area (Å²) in [6.45, 7) is 4.38. The molecule has 27 heavy (non-hydrogen) atoms. The van der Waals surface area contributed by atoms with Crippen molar-refractivity contribution in [1.82, 2.24) is 10.6 Å².